The molecule has 0 atom stereocenters. The molecule has 3 nitrogen and oxygen atoms in total. The highest BCUT2D eigenvalue weighted by molar-refractivity contribution is 5.20. The topological polar surface area (TPSA) is 30.5 Å². The molecular weight excluding hydrogens is 259 g/mol. The van der Waals surface area contributed by atoms with Crippen LogP contribution in [0.1, 0.15) is 6.42 Å². The summed E-state index contributed by atoms with van der Waals surface area (Å²) in [6, 6.07) is 9.42. The molecule has 0 unspecified atom stereocenters. The highest BCUT2D eigenvalue weighted by Crippen LogP contribution is 2.14. The molecule has 19 heavy (non-hydrogen) atoms. The normalized spacial score (nSPS) is 11.5. The summed E-state index contributed by atoms with van der Waals surface area (Å²) in [7, 11) is 0. The van der Waals surface area contributed by atoms with Crippen molar-refractivity contribution in [1.82, 2.24) is 5.32 Å². The van der Waals surface area contributed by atoms with E-state index in [4.69, 9.17) is 4.74 Å². The van der Waals surface area contributed by atoms with Gasteiger partial charge in [0.2, 0.25) is 0 Å². The van der Waals surface area contributed by atoms with E-state index in [9.17, 15) is 13.2 Å². The first-order valence-electron chi connectivity index (χ1n) is 6.11. The van der Waals surface area contributed by atoms with Crippen LogP contribution in [0.4, 0.5) is 13.2 Å². The summed E-state index contributed by atoms with van der Waals surface area (Å²) in [6.07, 6.45) is -3.70. The van der Waals surface area contributed by atoms with Crippen LogP contribution in [0.25, 0.3) is 0 Å². The van der Waals surface area contributed by atoms with E-state index in [1.54, 1.807) is 0 Å². The molecule has 1 aromatic rings. The monoisotopic (exact) mass is 277 g/mol. The van der Waals surface area contributed by atoms with Gasteiger partial charge in [-0.15, -0.1) is 0 Å². The number of rotatable bonds is 9. The minimum absolute atomic E-state index is 0.103. The van der Waals surface area contributed by atoms with Crippen LogP contribution in [-0.2, 0) is 4.74 Å². The summed E-state index contributed by atoms with van der Waals surface area (Å²) < 4.78 is 45.1. The largest absolute Gasteiger partial charge is 0.492 e. The second-order valence-electron chi connectivity index (χ2n) is 3.93. The Morgan fingerprint density at radius 3 is 2.42 bits per heavy atom. The molecule has 0 fully saturated rings. The average Bonchev–Trinajstić information content (AvgIpc) is 2.37. The van der Waals surface area contributed by atoms with E-state index in [1.807, 2.05) is 30.3 Å². The average molecular weight is 277 g/mol. The fourth-order valence-electron chi connectivity index (χ4n) is 1.37. The predicted molar refractivity (Wildman–Crippen MR) is 66.3 cm³/mol. The van der Waals surface area contributed by atoms with Crippen molar-refractivity contribution in [3.8, 4) is 5.75 Å². The Hall–Kier alpha value is -1.27. The maximum absolute atomic E-state index is 11.7. The van der Waals surface area contributed by atoms with Crippen LogP contribution >= 0.6 is 0 Å². The quantitative estimate of drug-likeness (QED) is 0.704. The predicted octanol–water partition coefficient (Wildman–Crippen LogP) is 2.62. The van der Waals surface area contributed by atoms with Gasteiger partial charge < -0.3 is 14.8 Å². The Kier molecular flexibility index (Phi) is 7.28. The van der Waals surface area contributed by atoms with Crippen molar-refractivity contribution in [2.45, 2.75) is 12.6 Å². The fourth-order valence-corrected chi connectivity index (χ4v) is 1.37. The number of hydrogen-bond donors (Lipinski definition) is 1. The van der Waals surface area contributed by atoms with E-state index in [0.717, 1.165) is 5.75 Å². The van der Waals surface area contributed by atoms with E-state index in [-0.39, 0.29) is 6.61 Å². The lowest BCUT2D eigenvalue weighted by Crippen LogP contribution is -2.24. The van der Waals surface area contributed by atoms with Crippen molar-refractivity contribution in [2.24, 2.45) is 0 Å². The minimum Gasteiger partial charge on any atom is -0.492 e. The molecule has 0 saturated heterocycles. The highest BCUT2D eigenvalue weighted by atomic mass is 19.4. The molecule has 0 bridgehead atoms. The molecule has 6 heteroatoms. The number of nitrogens with one attached hydrogen (secondary N) is 1. The molecule has 0 aliphatic rings. The first-order chi connectivity index (χ1) is 9.08. The molecule has 0 spiro atoms. The summed E-state index contributed by atoms with van der Waals surface area (Å²) >= 11 is 0. The van der Waals surface area contributed by atoms with Crippen molar-refractivity contribution < 1.29 is 22.6 Å². The number of ether oxygens (including phenoxy) is 2. The summed E-state index contributed by atoms with van der Waals surface area (Å²) in [4.78, 5) is 0. The minimum atomic E-state index is -4.24. The van der Waals surface area contributed by atoms with Crippen LogP contribution in [0, 0.1) is 0 Å². The SMILES string of the molecule is FC(F)(F)COCCCNCCOc1ccccc1. The van der Waals surface area contributed by atoms with E-state index in [2.05, 4.69) is 10.1 Å². The zero-order chi connectivity index (χ0) is 14.0. The zero-order valence-electron chi connectivity index (χ0n) is 10.6. The smallest absolute Gasteiger partial charge is 0.411 e. The van der Waals surface area contributed by atoms with Gasteiger partial charge in [-0.25, -0.2) is 0 Å². The van der Waals surface area contributed by atoms with Crippen LogP contribution in [0.5, 0.6) is 5.75 Å². The van der Waals surface area contributed by atoms with Gasteiger partial charge in [0, 0.05) is 13.2 Å². The number of alkyl halides is 3. The molecule has 0 aliphatic heterocycles. The lowest BCUT2D eigenvalue weighted by molar-refractivity contribution is -0.173. The van der Waals surface area contributed by atoms with E-state index < -0.39 is 12.8 Å². The second-order valence-corrected chi connectivity index (χ2v) is 3.93. The van der Waals surface area contributed by atoms with Crippen LogP contribution in [0.3, 0.4) is 0 Å². The van der Waals surface area contributed by atoms with Crippen molar-refractivity contribution in [2.75, 3.05) is 32.9 Å². The molecule has 108 valence electrons. The lowest BCUT2D eigenvalue weighted by atomic mass is 10.3. The number of halogens is 3. The molecular formula is C13H18F3NO2. The van der Waals surface area contributed by atoms with Crippen molar-refractivity contribution in [1.29, 1.82) is 0 Å². The number of hydrogen-bond acceptors (Lipinski definition) is 3. The van der Waals surface area contributed by atoms with Gasteiger partial charge in [0.1, 0.15) is 19.0 Å². The standard InChI is InChI=1S/C13H18F3NO2/c14-13(15,16)11-18-9-4-7-17-8-10-19-12-5-2-1-3-6-12/h1-3,5-6,17H,4,7-11H2. The van der Waals surface area contributed by atoms with Gasteiger partial charge in [0.15, 0.2) is 0 Å². The summed E-state index contributed by atoms with van der Waals surface area (Å²) in [5.74, 6) is 0.804. The lowest BCUT2D eigenvalue weighted by Gasteiger charge is -2.09. The Bertz CT molecular complexity index is 330. The molecule has 1 N–H and O–H groups in total. The molecule has 0 saturated carbocycles. The van der Waals surface area contributed by atoms with Crippen LogP contribution in [0.15, 0.2) is 30.3 Å². The Morgan fingerprint density at radius 1 is 1.00 bits per heavy atom. The van der Waals surface area contributed by atoms with Gasteiger partial charge in [-0.3, -0.25) is 0 Å². The second kappa shape index (κ2) is 8.77. The fraction of sp³-hybridized carbons (Fsp3) is 0.538. The first kappa shape index (κ1) is 15.8. The van der Waals surface area contributed by atoms with Crippen LogP contribution < -0.4 is 10.1 Å². The third-order valence-electron chi connectivity index (χ3n) is 2.20. The van der Waals surface area contributed by atoms with E-state index >= 15 is 0 Å². The molecule has 1 rings (SSSR count). The Labute approximate surface area is 110 Å². The van der Waals surface area contributed by atoms with Crippen molar-refractivity contribution >= 4 is 0 Å². The summed E-state index contributed by atoms with van der Waals surface area (Å²) in [5, 5.41) is 3.07. The highest BCUT2D eigenvalue weighted by Gasteiger charge is 2.27. The van der Waals surface area contributed by atoms with Gasteiger partial charge in [0.05, 0.1) is 0 Å². The maximum atomic E-state index is 11.7. The number of benzene rings is 1. The van der Waals surface area contributed by atoms with Gasteiger partial charge >= 0.3 is 6.18 Å². The summed E-state index contributed by atoms with van der Waals surface area (Å²) in [5.41, 5.74) is 0. The van der Waals surface area contributed by atoms with E-state index in [1.165, 1.54) is 0 Å². The molecule has 0 aromatic heterocycles. The third-order valence-corrected chi connectivity index (χ3v) is 2.20. The van der Waals surface area contributed by atoms with Crippen molar-refractivity contribution in [3.63, 3.8) is 0 Å². The first-order valence-corrected chi connectivity index (χ1v) is 6.11. The molecule has 0 amide bonds. The maximum Gasteiger partial charge on any atom is 0.411 e. The van der Waals surface area contributed by atoms with Gasteiger partial charge in [-0.2, -0.15) is 13.2 Å². The van der Waals surface area contributed by atoms with E-state index in [0.29, 0.717) is 26.1 Å². The molecule has 0 heterocycles. The molecule has 0 aliphatic carbocycles. The van der Waals surface area contributed by atoms with Gasteiger partial charge in [-0.1, -0.05) is 18.2 Å². The zero-order valence-corrected chi connectivity index (χ0v) is 10.6. The van der Waals surface area contributed by atoms with Crippen LogP contribution in [0.2, 0.25) is 0 Å². The summed E-state index contributed by atoms with van der Waals surface area (Å²) in [6.45, 7) is 0.702. The van der Waals surface area contributed by atoms with Gasteiger partial charge in [0.25, 0.3) is 0 Å². The molecule has 0 radical (unpaired) electrons. The van der Waals surface area contributed by atoms with Crippen LogP contribution in [-0.4, -0.2) is 39.1 Å². The van der Waals surface area contributed by atoms with Gasteiger partial charge in [-0.05, 0) is 25.1 Å². The number of para-hydroxylation sites is 1. The Morgan fingerprint density at radius 2 is 1.74 bits per heavy atom. The Balaban J connectivity index is 1.87. The molecule has 1 aromatic carbocycles. The van der Waals surface area contributed by atoms with Crippen molar-refractivity contribution in [3.05, 3.63) is 30.3 Å². The third kappa shape index (κ3) is 9.32.